The van der Waals surface area contributed by atoms with Gasteiger partial charge in [0.2, 0.25) is 0 Å². The Balaban J connectivity index is 2.07. The summed E-state index contributed by atoms with van der Waals surface area (Å²) >= 11 is 0. The van der Waals surface area contributed by atoms with Gasteiger partial charge in [-0.3, -0.25) is 0 Å². The Hall–Kier alpha value is -0.0800. The minimum absolute atomic E-state index is 0.148. The van der Waals surface area contributed by atoms with Crippen molar-refractivity contribution in [3.8, 4) is 0 Å². The first-order chi connectivity index (χ1) is 8.41. The molecule has 2 fully saturated rings. The van der Waals surface area contributed by atoms with Crippen molar-refractivity contribution < 1.29 is 10.2 Å². The van der Waals surface area contributed by atoms with Crippen molar-refractivity contribution in [1.82, 2.24) is 0 Å². The third-order valence-electron chi connectivity index (χ3n) is 5.36. The lowest BCUT2D eigenvalue weighted by Gasteiger charge is -2.40. The van der Waals surface area contributed by atoms with Crippen molar-refractivity contribution in [2.24, 2.45) is 35.5 Å². The van der Waals surface area contributed by atoms with Crippen LogP contribution in [-0.2, 0) is 0 Å². The molecular weight excluding hydrogens is 224 g/mol. The summed E-state index contributed by atoms with van der Waals surface area (Å²) in [6.45, 7) is 8.84. The average Bonchev–Trinajstić information content (AvgIpc) is 2.55. The van der Waals surface area contributed by atoms with E-state index >= 15 is 0 Å². The van der Waals surface area contributed by atoms with Crippen molar-refractivity contribution in [3.63, 3.8) is 0 Å². The van der Waals surface area contributed by atoms with Gasteiger partial charge in [-0.15, -0.1) is 0 Å². The summed E-state index contributed by atoms with van der Waals surface area (Å²) in [6, 6.07) is 0. The molecule has 0 saturated heterocycles. The zero-order valence-corrected chi connectivity index (χ0v) is 12.3. The summed E-state index contributed by atoms with van der Waals surface area (Å²) in [5.74, 6) is 2.68. The molecule has 0 radical (unpaired) electrons. The fourth-order valence-electron chi connectivity index (χ4n) is 4.50. The Kier molecular flexibility index (Phi) is 4.38. The van der Waals surface area contributed by atoms with Gasteiger partial charge in [0, 0.05) is 5.92 Å². The Morgan fingerprint density at radius 2 is 1.67 bits per heavy atom. The molecule has 0 heterocycles. The monoisotopic (exact) mass is 254 g/mol. The lowest BCUT2D eigenvalue weighted by atomic mass is 9.69. The summed E-state index contributed by atoms with van der Waals surface area (Å²) in [5.41, 5.74) is 0. The average molecular weight is 254 g/mol. The predicted molar refractivity (Wildman–Crippen MR) is 74.1 cm³/mol. The molecule has 106 valence electrons. The van der Waals surface area contributed by atoms with Crippen LogP contribution in [0.2, 0.25) is 0 Å². The Morgan fingerprint density at radius 1 is 1.00 bits per heavy atom. The maximum Gasteiger partial charge on any atom is 0.0626 e. The molecule has 0 aliphatic heterocycles. The van der Waals surface area contributed by atoms with E-state index in [0.29, 0.717) is 29.6 Å². The molecular formula is C16H30O2. The molecule has 0 aromatic carbocycles. The maximum atomic E-state index is 10.6. The second-order valence-corrected chi connectivity index (χ2v) is 7.43. The highest BCUT2D eigenvalue weighted by Gasteiger charge is 2.50. The normalized spacial score (nSPS) is 44.7. The van der Waals surface area contributed by atoms with Gasteiger partial charge in [-0.2, -0.15) is 0 Å². The SMILES string of the molecule is CC(C)C[C@H]1CC2CC[C@H](C(C)C)C(O)C2C1O. The van der Waals surface area contributed by atoms with Gasteiger partial charge in [0.15, 0.2) is 0 Å². The third-order valence-corrected chi connectivity index (χ3v) is 5.36. The molecule has 2 saturated carbocycles. The molecule has 2 aliphatic rings. The van der Waals surface area contributed by atoms with E-state index < -0.39 is 0 Å². The summed E-state index contributed by atoms with van der Waals surface area (Å²) in [7, 11) is 0. The van der Waals surface area contributed by atoms with Crippen LogP contribution in [0.4, 0.5) is 0 Å². The van der Waals surface area contributed by atoms with Gasteiger partial charge in [-0.25, -0.2) is 0 Å². The number of hydrogen-bond acceptors (Lipinski definition) is 2. The minimum atomic E-state index is -0.282. The molecule has 18 heavy (non-hydrogen) atoms. The quantitative estimate of drug-likeness (QED) is 0.812. The predicted octanol–water partition coefficient (Wildman–Crippen LogP) is 3.07. The van der Waals surface area contributed by atoms with E-state index in [2.05, 4.69) is 27.7 Å². The van der Waals surface area contributed by atoms with E-state index in [9.17, 15) is 10.2 Å². The van der Waals surface area contributed by atoms with Crippen molar-refractivity contribution in [2.45, 2.75) is 65.6 Å². The fourth-order valence-corrected chi connectivity index (χ4v) is 4.50. The highest BCUT2D eigenvalue weighted by molar-refractivity contribution is 4.99. The highest BCUT2D eigenvalue weighted by Crippen LogP contribution is 2.50. The highest BCUT2D eigenvalue weighted by atomic mass is 16.3. The summed E-state index contributed by atoms with van der Waals surface area (Å²) in [5, 5.41) is 21.1. The summed E-state index contributed by atoms with van der Waals surface area (Å²) in [6.07, 6.45) is 4.03. The van der Waals surface area contributed by atoms with Gasteiger partial charge in [-0.1, -0.05) is 27.7 Å². The molecule has 0 spiro atoms. The van der Waals surface area contributed by atoms with Crippen LogP contribution in [0.25, 0.3) is 0 Å². The van der Waals surface area contributed by atoms with Crippen LogP contribution >= 0.6 is 0 Å². The van der Waals surface area contributed by atoms with Gasteiger partial charge in [0.25, 0.3) is 0 Å². The first kappa shape index (κ1) is 14.3. The van der Waals surface area contributed by atoms with Gasteiger partial charge < -0.3 is 10.2 Å². The smallest absolute Gasteiger partial charge is 0.0626 e. The summed E-state index contributed by atoms with van der Waals surface area (Å²) < 4.78 is 0. The zero-order chi connectivity index (χ0) is 13.4. The minimum Gasteiger partial charge on any atom is -0.392 e. The van der Waals surface area contributed by atoms with E-state index in [4.69, 9.17) is 0 Å². The Morgan fingerprint density at radius 3 is 2.22 bits per heavy atom. The van der Waals surface area contributed by atoms with Crippen LogP contribution in [0.15, 0.2) is 0 Å². The van der Waals surface area contributed by atoms with Gasteiger partial charge in [0.05, 0.1) is 12.2 Å². The van der Waals surface area contributed by atoms with Gasteiger partial charge >= 0.3 is 0 Å². The molecule has 2 aliphatic carbocycles. The number of fused-ring (bicyclic) bond motifs is 1. The van der Waals surface area contributed by atoms with Crippen LogP contribution in [-0.4, -0.2) is 22.4 Å². The molecule has 2 nitrogen and oxygen atoms in total. The van der Waals surface area contributed by atoms with Crippen molar-refractivity contribution in [3.05, 3.63) is 0 Å². The second-order valence-electron chi connectivity index (χ2n) is 7.43. The van der Waals surface area contributed by atoms with Crippen molar-refractivity contribution >= 4 is 0 Å². The van der Waals surface area contributed by atoms with E-state index in [1.807, 2.05) is 0 Å². The van der Waals surface area contributed by atoms with Crippen LogP contribution in [0.5, 0.6) is 0 Å². The number of hydrogen-bond donors (Lipinski definition) is 2. The zero-order valence-electron chi connectivity index (χ0n) is 12.3. The Labute approximate surface area is 112 Å². The van der Waals surface area contributed by atoms with Crippen LogP contribution < -0.4 is 0 Å². The molecule has 0 bridgehead atoms. The first-order valence-corrected chi connectivity index (χ1v) is 7.78. The molecule has 4 unspecified atom stereocenters. The fraction of sp³-hybridized carbons (Fsp3) is 1.00. The maximum absolute atomic E-state index is 10.6. The second kappa shape index (κ2) is 5.50. The molecule has 2 rings (SSSR count). The summed E-state index contributed by atoms with van der Waals surface area (Å²) in [4.78, 5) is 0. The topological polar surface area (TPSA) is 40.5 Å². The molecule has 2 heteroatoms. The number of aliphatic hydroxyl groups excluding tert-OH is 2. The molecule has 6 atom stereocenters. The first-order valence-electron chi connectivity index (χ1n) is 7.78. The molecule has 0 aromatic heterocycles. The standard InChI is InChI=1S/C16H30O2/c1-9(2)7-12-8-11-5-6-13(10(3)4)16(18)14(11)15(12)17/h9-18H,5-8H2,1-4H3/t11?,12-,13+,14?,15?,16?/m0/s1. The van der Waals surface area contributed by atoms with Crippen LogP contribution in [0.3, 0.4) is 0 Å². The van der Waals surface area contributed by atoms with Crippen molar-refractivity contribution in [2.75, 3.05) is 0 Å². The Bertz CT molecular complexity index is 274. The van der Waals surface area contributed by atoms with E-state index in [1.165, 1.54) is 6.42 Å². The lowest BCUT2D eigenvalue weighted by Crippen LogP contribution is -2.43. The molecule has 0 aromatic rings. The molecule has 0 amide bonds. The molecule has 2 N–H and O–H groups in total. The third kappa shape index (κ3) is 2.60. The van der Waals surface area contributed by atoms with Gasteiger partial charge in [0.1, 0.15) is 0 Å². The van der Waals surface area contributed by atoms with E-state index in [0.717, 1.165) is 19.3 Å². The van der Waals surface area contributed by atoms with E-state index in [1.54, 1.807) is 0 Å². The number of rotatable bonds is 3. The van der Waals surface area contributed by atoms with E-state index in [-0.39, 0.29) is 18.1 Å². The number of aliphatic hydroxyl groups is 2. The lowest BCUT2D eigenvalue weighted by molar-refractivity contribution is -0.0660. The largest absolute Gasteiger partial charge is 0.392 e. The van der Waals surface area contributed by atoms with Crippen LogP contribution in [0.1, 0.15) is 53.4 Å². The van der Waals surface area contributed by atoms with Gasteiger partial charge in [-0.05, 0) is 55.3 Å². The van der Waals surface area contributed by atoms with Crippen LogP contribution in [0, 0.1) is 35.5 Å². The van der Waals surface area contributed by atoms with Crippen molar-refractivity contribution in [1.29, 1.82) is 0 Å².